The second-order valence-corrected chi connectivity index (χ2v) is 8.59. The van der Waals surface area contributed by atoms with Gasteiger partial charge in [0.1, 0.15) is 5.82 Å². The number of sulfonamides is 1. The van der Waals surface area contributed by atoms with E-state index in [9.17, 15) is 8.42 Å². The molecule has 27 heavy (non-hydrogen) atoms. The van der Waals surface area contributed by atoms with Crippen molar-refractivity contribution in [3.8, 4) is 0 Å². The van der Waals surface area contributed by atoms with Crippen LogP contribution in [-0.2, 0) is 29.5 Å². The number of benzene rings is 1. The summed E-state index contributed by atoms with van der Waals surface area (Å²) in [6.07, 6.45) is 4.49. The molecule has 0 bridgehead atoms. The molecule has 0 fully saturated rings. The van der Waals surface area contributed by atoms with Gasteiger partial charge in [-0.15, -0.1) is 0 Å². The lowest BCUT2D eigenvalue weighted by molar-refractivity contribution is 0.307. The molecule has 3 aromatic rings. The van der Waals surface area contributed by atoms with Crippen LogP contribution >= 0.6 is 0 Å². The molecule has 0 aliphatic rings. The minimum Gasteiger partial charge on any atom is -0.341 e. The molecule has 144 valence electrons. The summed E-state index contributed by atoms with van der Waals surface area (Å²) >= 11 is 0. The first-order valence-corrected chi connectivity index (χ1v) is 10.8. The number of nitrogens with one attached hydrogen (secondary N) is 2. The standard InChI is InChI=1S/C19H25N5O2S/c1-24(14-19-22-16-9-3-4-10-17(16)23-19)13-18-15(7-5-11-20-18)8-6-12-21-27(2,25)26/h3-5,7,9-11,21H,6,8,12-14H2,1-2H3,(H,22,23). The van der Waals surface area contributed by atoms with Gasteiger partial charge in [0.2, 0.25) is 10.0 Å². The summed E-state index contributed by atoms with van der Waals surface area (Å²) in [4.78, 5) is 14.6. The van der Waals surface area contributed by atoms with Gasteiger partial charge in [-0.2, -0.15) is 0 Å². The van der Waals surface area contributed by atoms with Crippen molar-refractivity contribution in [1.29, 1.82) is 0 Å². The summed E-state index contributed by atoms with van der Waals surface area (Å²) in [6.45, 7) is 1.83. The van der Waals surface area contributed by atoms with Crippen LogP contribution < -0.4 is 4.72 Å². The molecular weight excluding hydrogens is 362 g/mol. The van der Waals surface area contributed by atoms with E-state index in [1.165, 1.54) is 6.26 Å². The number of hydrogen-bond acceptors (Lipinski definition) is 5. The van der Waals surface area contributed by atoms with Crippen molar-refractivity contribution in [3.05, 3.63) is 59.7 Å². The number of H-pyrrole nitrogens is 1. The van der Waals surface area contributed by atoms with Gasteiger partial charge < -0.3 is 4.98 Å². The van der Waals surface area contributed by atoms with E-state index in [1.54, 1.807) is 6.20 Å². The van der Waals surface area contributed by atoms with E-state index in [0.29, 0.717) is 19.6 Å². The summed E-state index contributed by atoms with van der Waals surface area (Å²) in [5.74, 6) is 0.925. The number of nitrogens with zero attached hydrogens (tertiary/aromatic N) is 3. The molecule has 0 unspecified atom stereocenters. The van der Waals surface area contributed by atoms with Gasteiger partial charge in [-0.3, -0.25) is 9.88 Å². The van der Waals surface area contributed by atoms with Crippen molar-refractivity contribution >= 4 is 21.1 Å². The third-order valence-corrected chi connectivity index (χ3v) is 4.98. The number of aryl methyl sites for hydroxylation is 1. The van der Waals surface area contributed by atoms with Crippen LogP contribution in [0.1, 0.15) is 23.5 Å². The predicted molar refractivity (Wildman–Crippen MR) is 107 cm³/mol. The quantitative estimate of drug-likeness (QED) is 0.549. The Balaban J connectivity index is 1.59. The van der Waals surface area contributed by atoms with E-state index in [1.807, 2.05) is 37.4 Å². The van der Waals surface area contributed by atoms with Crippen LogP contribution in [0, 0.1) is 0 Å². The first-order valence-electron chi connectivity index (χ1n) is 8.90. The molecule has 0 radical (unpaired) electrons. The van der Waals surface area contributed by atoms with E-state index < -0.39 is 10.0 Å². The van der Waals surface area contributed by atoms with Gasteiger partial charge in [0, 0.05) is 19.3 Å². The Morgan fingerprint density at radius 3 is 2.74 bits per heavy atom. The fourth-order valence-electron chi connectivity index (χ4n) is 3.03. The lowest BCUT2D eigenvalue weighted by atomic mass is 10.1. The van der Waals surface area contributed by atoms with E-state index in [0.717, 1.165) is 41.0 Å². The van der Waals surface area contributed by atoms with Gasteiger partial charge in [-0.05, 0) is 43.7 Å². The molecule has 1 aromatic carbocycles. The normalized spacial score (nSPS) is 12.1. The van der Waals surface area contributed by atoms with Crippen molar-refractivity contribution in [2.45, 2.75) is 25.9 Å². The van der Waals surface area contributed by atoms with Crippen molar-refractivity contribution in [3.63, 3.8) is 0 Å². The maximum absolute atomic E-state index is 11.2. The zero-order valence-corrected chi connectivity index (χ0v) is 16.5. The zero-order chi connectivity index (χ0) is 19.3. The summed E-state index contributed by atoms with van der Waals surface area (Å²) in [5.41, 5.74) is 4.16. The van der Waals surface area contributed by atoms with E-state index in [-0.39, 0.29) is 0 Å². The fourth-order valence-corrected chi connectivity index (χ4v) is 3.54. The molecule has 2 N–H and O–H groups in total. The second-order valence-electron chi connectivity index (χ2n) is 6.75. The smallest absolute Gasteiger partial charge is 0.208 e. The Morgan fingerprint density at radius 1 is 1.15 bits per heavy atom. The number of imidazole rings is 1. The molecule has 0 aliphatic carbocycles. The Bertz CT molecular complexity index is 967. The van der Waals surface area contributed by atoms with Crippen molar-refractivity contribution in [2.75, 3.05) is 19.8 Å². The van der Waals surface area contributed by atoms with Gasteiger partial charge in [0.25, 0.3) is 0 Å². The highest BCUT2D eigenvalue weighted by atomic mass is 32.2. The highest BCUT2D eigenvalue weighted by Gasteiger charge is 2.10. The van der Waals surface area contributed by atoms with Crippen molar-refractivity contribution in [1.82, 2.24) is 24.6 Å². The molecule has 0 saturated carbocycles. The Morgan fingerprint density at radius 2 is 1.96 bits per heavy atom. The van der Waals surface area contributed by atoms with E-state index in [4.69, 9.17) is 0 Å². The molecule has 2 heterocycles. The third kappa shape index (κ3) is 5.85. The number of aromatic amines is 1. The number of pyridine rings is 1. The highest BCUT2D eigenvalue weighted by molar-refractivity contribution is 7.88. The van der Waals surface area contributed by atoms with Gasteiger partial charge >= 0.3 is 0 Å². The monoisotopic (exact) mass is 387 g/mol. The van der Waals surface area contributed by atoms with Crippen LogP contribution in [0.25, 0.3) is 11.0 Å². The average Bonchev–Trinajstić information content (AvgIpc) is 3.01. The average molecular weight is 388 g/mol. The summed E-state index contributed by atoms with van der Waals surface area (Å²) < 4.78 is 24.8. The summed E-state index contributed by atoms with van der Waals surface area (Å²) in [7, 11) is -1.10. The molecule has 3 rings (SSSR count). The molecule has 8 heteroatoms. The molecule has 2 aromatic heterocycles. The molecule has 0 aliphatic heterocycles. The largest absolute Gasteiger partial charge is 0.341 e. The van der Waals surface area contributed by atoms with E-state index in [2.05, 4.69) is 30.6 Å². The van der Waals surface area contributed by atoms with Crippen LogP contribution in [0.3, 0.4) is 0 Å². The molecule has 0 spiro atoms. The lowest BCUT2D eigenvalue weighted by Crippen LogP contribution is -2.23. The maximum Gasteiger partial charge on any atom is 0.208 e. The number of rotatable bonds is 9. The van der Waals surface area contributed by atoms with Gasteiger partial charge in [0.15, 0.2) is 0 Å². The topological polar surface area (TPSA) is 91.0 Å². The van der Waals surface area contributed by atoms with Crippen LogP contribution in [0.15, 0.2) is 42.6 Å². The van der Waals surface area contributed by atoms with Crippen LogP contribution in [0.5, 0.6) is 0 Å². The van der Waals surface area contributed by atoms with Crippen LogP contribution in [-0.4, -0.2) is 48.1 Å². The van der Waals surface area contributed by atoms with Crippen molar-refractivity contribution in [2.24, 2.45) is 0 Å². The van der Waals surface area contributed by atoms with Crippen LogP contribution in [0.2, 0.25) is 0 Å². The first-order chi connectivity index (χ1) is 12.9. The van der Waals surface area contributed by atoms with E-state index >= 15 is 0 Å². The molecule has 7 nitrogen and oxygen atoms in total. The number of aromatic nitrogens is 3. The number of fused-ring (bicyclic) bond motifs is 1. The second kappa shape index (κ2) is 8.60. The minimum absolute atomic E-state index is 0.433. The highest BCUT2D eigenvalue weighted by Crippen LogP contribution is 2.14. The summed E-state index contributed by atoms with van der Waals surface area (Å²) in [5, 5.41) is 0. The maximum atomic E-state index is 11.2. The van der Waals surface area contributed by atoms with Gasteiger partial charge in [0.05, 0.1) is 29.5 Å². The molecule has 0 saturated heterocycles. The first kappa shape index (κ1) is 19.5. The van der Waals surface area contributed by atoms with Gasteiger partial charge in [-0.1, -0.05) is 18.2 Å². The Kier molecular flexibility index (Phi) is 6.20. The van der Waals surface area contributed by atoms with Crippen molar-refractivity contribution < 1.29 is 8.42 Å². The Labute approximate surface area is 159 Å². The predicted octanol–water partition coefficient (Wildman–Crippen LogP) is 2.07. The molecule has 0 amide bonds. The Hall–Kier alpha value is -2.29. The number of hydrogen-bond donors (Lipinski definition) is 2. The molecule has 0 atom stereocenters. The van der Waals surface area contributed by atoms with Gasteiger partial charge in [-0.25, -0.2) is 18.1 Å². The lowest BCUT2D eigenvalue weighted by Gasteiger charge is -2.17. The minimum atomic E-state index is -3.14. The van der Waals surface area contributed by atoms with Crippen LogP contribution in [0.4, 0.5) is 0 Å². The zero-order valence-electron chi connectivity index (χ0n) is 15.6. The number of para-hydroxylation sites is 2. The third-order valence-electron chi connectivity index (χ3n) is 4.25. The molecular formula is C19H25N5O2S. The summed E-state index contributed by atoms with van der Waals surface area (Å²) in [6, 6.07) is 12.0. The fraction of sp³-hybridized carbons (Fsp3) is 0.368. The SMILES string of the molecule is CN(Cc1nc2ccccc2[nH]1)Cc1ncccc1CCCNS(C)(=O)=O.